The number of hydrogen-bond acceptors (Lipinski definition) is 4. The van der Waals surface area contributed by atoms with Gasteiger partial charge in [0.05, 0.1) is 0 Å². The highest BCUT2D eigenvalue weighted by Gasteiger charge is 2.11. The fraction of sp³-hybridized carbons (Fsp3) is 0.683. The van der Waals surface area contributed by atoms with Gasteiger partial charge in [-0.05, 0) is 76.7 Å². The van der Waals surface area contributed by atoms with Gasteiger partial charge in [0.25, 0.3) is 0 Å². The van der Waals surface area contributed by atoms with Crippen molar-refractivity contribution in [3.8, 4) is 0 Å². The molecule has 47 heavy (non-hydrogen) atoms. The minimum Gasteiger partial charge on any atom is -0.480 e. The van der Waals surface area contributed by atoms with Crippen molar-refractivity contribution in [3.63, 3.8) is 0 Å². The summed E-state index contributed by atoms with van der Waals surface area (Å²) in [7, 11) is 0. The molecule has 0 aliphatic heterocycles. The Morgan fingerprint density at radius 2 is 1.11 bits per heavy atom. The molecule has 6 nitrogen and oxygen atoms in total. The third-order valence-electron chi connectivity index (χ3n) is 7.89. The van der Waals surface area contributed by atoms with E-state index in [9.17, 15) is 14.4 Å². The zero-order chi connectivity index (χ0) is 34.5. The van der Waals surface area contributed by atoms with E-state index in [2.05, 4.69) is 73.8 Å². The number of nitrogens with one attached hydrogen (secondary N) is 1. The van der Waals surface area contributed by atoms with Crippen molar-refractivity contribution in [2.45, 2.75) is 174 Å². The van der Waals surface area contributed by atoms with E-state index in [4.69, 9.17) is 9.84 Å². The molecule has 0 aliphatic rings. The Morgan fingerprint density at radius 3 is 1.68 bits per heavy atom. The van der Waals surface area contributed by atoms with Gasteiger partial charge in [0.2, 0.25) is 5.91 Å². The lowest BCUT2D eigenvalue weighted by molar-refractivity contribution is -0.147. The van der Waals surface area contributed by atoms with Gasteiger partial charge in [-0.25, -0.2) is 0 Å². The molecule has 268 valence electrons. The smallest absolute Gasteiger partial charge is 0.322 e. The summed E-state index contributed by atoms with van der Waals surface area (Å²) in [5.74, 6) is -1.35. The summed E-state index contributed by atoms with van der Waals surface area (Å²) in [6.07, 6.45) is 46.8. The molecular formula is C41H69NO5. The summed E-state index contributed by atoms with van der Waals surface area (Å²) < 4.78 is 5.79. The predicted octanol–water partition coefficient (Wildman–Crippen LogP) is 11.3. The Labute approximate surface area is 288 Å². The van der Waals surface area contributed by atoms with Crippen molar-refractivity contribution in [2.24, 2.45) is 0 Å². The van der Waals surface area contributed by atoms with Crippen LogP contribution >= 0.6 is 0 Å². The number of ether oxygens (including phenoxy) is 1. The maximum Gasteiger partial charge on any atom is 0.322 e. The Morgan fingerprint density at radius 1 is 0.596 bits per heavy atom. The third kappa shape index (κ3) is 35.8. The SMILES string of the molecule is CC/C=C\C/C=C\C/C=C\C/C=C\CCCCCCCCCCCCC(=O)OC(/C=C\CCC)CCCCCCC(=O)NCC(=O)O. The summed E-state index contributed by atoms with van der Waals surface area (Å²) in [5.41, 5.74) is 0. The molecule has 0 saturated carbocycles. The average Bonchev–Trinajstić information content (AvgIpc) is 3.05. The minimum atomic E-state index is -1.03. The number of unbranched alkanes of at least 4 members (excludes halogenated alkanes) is 14. The topological polar surface area (TPSA) is 92.7 Å². The summed E-state index contributed by atoms with van der Waals surface area (Å²) >= 11 is 0. The lowest BCUT2D eigenvalue weighted by atomic mass is 10.0. The Bertz CT molecular complexity index is 902. The number of carboxylic acid groups (broad SMARTS) is 1. The van der Waals surface area contributed by atoms with E-state index in [0.29, 0.717) is 12.8 Å². The number of hydrogen-bond donors (Lipinski definition) is 2. The molecule has 0 aromatic heterocycles. The lowest BCUT2D eigenvalue weighted by Crippen LogP contribution is -2.28. The van der Waals surface area contributed by atoms with Crippen LogP contribution in [0.5, 0.6) is 0 Å². The van der Waals surface area contributed by atoms with E-state index in [1.165, 1.54) is 57.8 Å². The fourth-order valence-electron chi connectivity index (χ4n) is 5.13. The van der Waals surface area contributed by atoms with E-state index in [1.807, 2.05) is 6.08 Å². The second kappa shape index (κ2) is 36.0. The van der Waals surface area contributed by atoms with Crippen LogP contribution in [0.2, 0.25) is 0 Å². The van der Waals surface area contributed by atoms with Crippen LogP contribution in [0, 0.1) is 0 Å². The molecule has 2 N–H and O–H groups in total. The molecule has 1 atom stereocenters. The molecule has 0 heterocycles. The Kier molecular flexibility index (Phi) is 33.7. The van der Waals surface area contributed by atoms with E-state index >= 15 is 0 Å². The third-order valence-corrected chi connectivity index (χ3v) is 7.89. The maximum absolute atomic E-state index is 12.5. The number of allylic oxidation sites excluding steroid dienone is 9. The van der Waals surface area contributed by atoms with Gasteiger partial charge in [-0.2, -0.15) is 0 Å². The molecule has 0 bridgehead atoms. The monoisotopic (exact) mass is 656 g/mol. The number of carbonyl (C=O) groups is 3. The van der Waals surface area contributed by atoms with Gasteiger partial charge in [0.1, 0.15) is 12.6 Å². The summed E-state index contributed by atoms with van der Waals surface area (Å²) in [6, 6.07) is 0. The van der Waals surface area contributed by atoms with Crippen LogP contribution in [0.3, 0.4) is 0 Å². The highest BCUT2D eigenvalue weighted by Crippen LogP contribution is 2.15. The number of esters is 1. The average molecular weight is 656 g/mol. The highest BCUT2D eigenvalue weighted by atomic mass is 16.5. The first kappa shape index (κ1) is 44.1. The molecule has 0 radical (unpaired) electrons. The van der Waals surface area contributed by atoms with Gasteiger partial charge in [-0.3, -0.25) is 14.4 Å². The van der Waals surface area contributed by atoms with E-state index in [1.54, 1.807) is 0 Å². The first-order valence-electron chi connectivity index (χ1n) is 18.9. The van der Waals surface area contributed by atoms with Gasteiger partial charge in [0.15, 0.2) is 0 Å². The predicted molar refractivity (Wildman–Crippen MR) is 198 cm³/mol. The molecule has 0 aromatic rings. The van der Waals surface area contributed by atoms with Gasteiger partial charge >= 0.3 is 11.9 Å². The van der Waals surface area contributed by atoms with Crippen molar-refractivity contribution in [1.29, 1.82) is 0 Å². The van der Waals surface area contributed by atoms with Crippen LogP contribution in [0.4, 0.5) is 0 Å². The molecular weight excluding hydrogens is 586 g/mol. The molecule has 0 saturated heterocycles. The van der Waals surface area contributed by atoms with Gasteiger partial charge in [0, 0.05) is 12.8 Å². The molecule has 1 amide bonds. The Balaban J connectivity index is 3.75. The normalized spacial score (nSPS) is 12.7. The molecule has 0 spiro atoms. The zero-order valence-electron chi connectivity index (χ0n) is 30.1. The fourth-order valence-corrected chi connectivity index (χ4v) is 5.13. The molecule has 6 heteroatoms. The number of carboxylic acids is 1. The molecule has 0 fully saturated rings. The van der Waals surface area contributed by atoms with Crippen LogP contribution in [0.15, 0.2) is 60.8 Å². The standard InChI is InChI=1S/C41H69NO5/c1-3-5-7-8-9-10-11-12-13-14-15-16-17-18-19-20-21-22-23-24-25-26-32-36-41(46)47-38(33-29-6-4-2)34-30-27-28-31-35-39(43)42-37-40(44)45/h5,7,9-10,12-13,15-16,29,33,38H,3-4,6,8,11,14,17-28,30-32,34-37H2,1-2H3,(H,42,43)(H,44,45)/b7-5-,10-9-,13-12-,16-15-,33-29-. The van der Waals surface area contributed by atoms with Gasteiger partial charge in [-0.15, -0.1) is 0 Å². The summed E-state index contributed by atoms with van der Waals surface area (Å²) in [4.78, 5) is 34.6. The Hall–Kier alpha value is -2.89. The van der Waals surface area contributed by atoms with Crippen molar-refractivity contribution in [1.82, 2.24) is 5.32 Å². The maximum atomic E-state index is 12.5. The molecule has 0 rings (SSSR count). The highest BCUT2D eigenvalue weighted by molar-refractivity contribution is 5.80. The van der Waals surface area contributed by atoms with E-state index in [0.717, 1.165) is 83.5 Å². The number of carbonyl (C=O) groups excluding carboxylic acids is 2. The lowest BCUT2D eigenvalue weighted by Gasteiger charge is -2.15. The van der Waals surface area contributed by atoms with Gasteiger partial charge < -0.3 is 15.2 Å². The van der Waals surface area contributed by atoms with Crippen LogP contribution in [-0.4, -0.2) is 35.6 Å². The van der Waals surface area contributed by atoms with Crippen LogP contribution < -0.4 is 5.32 Å². The number of aliphatic carboxylic acids is 1. The van der Waals surface area contributed by atoms with Crippen LogP contribution in [0.25, 0.3) is 0 Å². The summed E-state index contributed by atoms with van der Waals surface area (Å²) in [5, 5.41) is 11.0. The number of amides is 1. The molecule has 0 aromatic carbocycles. The van der Waals surface area contributed by atoms with Crippen LogP contribution in [-0.2, 0) is 19.1 Å². The van der Waals surface area contributed by atoms with Crippen molar-refractivity contribution in [3.05, 3.63) is 60.8 Å². The van der Waals surface area contributed by atoms with Crippen molar-refractivity contribution < 1.29 is 24.2 Å². The second-order valence-electron chi connectivity index (χ2n) is 12.4. The first-order chi connectivity index (χ1) is 23.0. The minimum absolute atomic E-state index is 0.100. The molecule has 1 unspecified atom stereocenters. The van der Waals surface area contributed by atoms with E-state index < -0.39 is 5.97 Å². The number of rotatable bonds is 33. The second-order valence-corrected chi connectivity index (χ2v) is 12.4. The first-order valence-corrected chi connectivity index (χ1v) is 18.9. The van der Waals surface area contributed by atoms with Crippen molar-refractivity contribution in [2.75, 3.05) is 6.54 Å². The quantitative estimate of drug-likeness (QED) is 0.0417. The van der Waals surface area contributed by atoms with Crippen molar-refractivity contribution >= 4 is 17.8 Å². The molecule has 0 aliphatic carbocycles. The zero-order valence-corrected chi connectivity index (χ0v) is 30.1. The summed E-state index contributed by atoms with van der Waals surface area (Å²) in [6.45, 7) is 3.97. The largest absolute Gasteiger partial charge is 0.480 e. The van der Waals surface area contributed by atoms with Gasteiger partial charge in [-0.1, -0.05) is 139 Å². The van der Waals surface area contributed by atoms with Crippen LogP contribution in [0.1, 0.15) is 168 Å². The van der Waals surface area contributed by atoms with E-state index in [-0.39, 0.29) is 24.5 Å².